The zero-order valence-electron chi connectivity index (χ0n) is 26.1. The van der Waals surface area contributed by atoms with E-state index in [2.05, 4.69) is 27.8 Å². The minimum atomic E-state index is -2.98. The molecular weight excluding hydrogens is 644 g/mol. The van der Waals surface area contributed by atoms with E-state index in [0.717, 1.165) is 39.3 Å². The summed E-state index contributed by atoms with van der Waals surface area (Å²) in [4.78, 5) is 17.9. The molecule has 2 aliphatic rings. The van der Waals surface area contributed by atoms with Crippen molar-refractivity contribution in [3.05, 3.63) is 82.3 Å². The summed E-state index contributed by atoms with van der Waals surface area (Å²) in [6.45, 7) is 11.1. The van der Waals surface area contributed by atoms with Crippen LogP contribution in [0.3, 0.4) is 0 Å². The molecule has 0 spiro atoms. The van der Waals surface area contributed by atoms with E-state index >= 15 is 0 Å². The van der Waals surface area contributed by atoms with Crippen LogP contribution in [0.15, 0.2) is 76.1 Å². The molecule has 2 heterocycles. The summed E-state index contributed by atoms with van der Waals surface area (Å²) in [5.41, 5.74) is 1.16. The van der Waals surface area contributed by atoms with Crippen LogP contribution in [0.1, 0.15) is 38.8 Å². The molecule has 3 aromatic carbocycles. The number of carbonyl (C=O) groups is 1. The van der Waals surface area contributed by atoms with Gasteiger partial charge in [-0.25, -0.2) is 4.79 Å². The van der Waals surface area contributed by atoms with E-state index in [4.69, 9.17) is 18.9 Å². The van der Waals surface area contributed by atoms with Gasteiger partial charge in [-0.2, -0.15) is 0 Å². The fraction of sp³-hybridized carbons (Fsp3) is 0.382. The third-order valence-electron chi connectivity index (χ3n) is 7.79. The summed E-state index contributed by atoms with van der Waals surface area (Å²) in [6.07, 6.45) is 1.53. The quantitative estimate of drug-likeness (QED) is 0.265. The highest BCUT2D eigenvalue weighted by Crippen LogP contribution is 2.49. The summed E-state index contributed by atoms with van der Waals surface area (Å²) in [7, 11) is -1.37. The van der Waals surface area contributed by atoms with Crippen LogP contribution in [0, 0.1) is 0 Å². The Morgan fingerprint density at radius 1 is 0.932 bits per heavy atom. The zero-order chi connectivity index (χ0) is 31.6. The number of piperazine rings is 1. The molecular formula is C34H41BrN2O6S. The predicted octanol–water partition coefficient (Wildman–Crippen LogP) is 6.70. The Morgan fingerprint density at radius 3 is 2.16 bits per heavy atom. The second-order valence-electron chi connectivity index (χ2n) is 12.2. The van der Waals surface area contributed by atoms with E-state index in [1.807, 2.05) is 87.5 Å². The lowest BCUT2D eigenvalue weighted by atomic mass is 10.1. The van der Waals surface area contributed by atoms with Gasteiger partial charge >= 0.3 is 6.09 Å². The average molecular weight is 686 g/mol. The van der Waals surface area contributed by atoms with Gasteiger partial charge in [-0.1, -0.05) is 38.0 Å². The minimum absolute atomic E-state index is 0.177. The summed E-state index contributed by atoms with van der Waals surface area (Å²) in [5, 5.41) is 0. The molecule has 1 amide bonds. The summed E-state index contributed by atoms with van der Waals surface area (Å²) in [5.74, 6) is 2.60. The number of methoxy groups -OCH3 is 1. The second-order valence-corrected chi connectivity index (χ2v) is 15.9. The van der Waals surface area contributed by atoms with Gasteiger partial charge in [-0.05, 0) is 94.1 Å². The van der Waals surface area contributed by atoms with E-state index in [9.17, 15) is 9.00 Å². The monoisotopic (exact) mass is 684 g/mol. The zero-order valence-corrected chi connectivity index (χ0v) is 28.6. The molecule has 5 rings (SSSR count). The molecule has 8 nitrogen and oxygen atoms in total. The van der Waals surface area contributed by atoms with Crippen molar-refractivity contribution in [3.8, 4) is 17.2 Å². The molecule has 0 aliphatic carbocycles. The number of thiol groups is 1. The molecule has 1 unspecified atom stereocenters. The minimum Gasteiger partial charge on any atom is -0.497 e. The van der Waals surface area contributed by atoms with Crippen LogP contribution in [-0.4, -0.2) is 77.9 Å². The Hall–Kier alpha value is -3.34. The first-order valence-electron chi connectivity index (χ1n) is 14.8. The van der Waals surface area contributed by atoms with Gasteiger partial charge < -0.3 is 23.8 Å². The first-order chi connectivity index (χ1) is 20.9. The van der Waals surface area contributed by atoms with Gasteiger partial charge in [-0.15, -0.1) is 0 Å². The standard InChI is InChI=1S/C34H41BrN2O6S/c1-23(36-17-19-37(20-18-36)33(38)43-34(2,3)4)22-41-26-11-13-27(14-12-26)42-31-29-16-15-28(40-5)21-30(29)44(6,39)32(31)24-7-9-25(35)10-8-24/h7-16,21,23,44H,17-20,22H2,1-6H3. The number of hydrogen-bond donors (Lipinski definition) is 1. The summed E-state index contributed by atoms with van der Waals surface area (Å²) in [6, 6.07) is 21.1. The first-order valence-corrected chi connectivity index (χ1v) is 17.7. The van der Waals surface area contributed by atoms with Gasteiger partial charge in [0.1, 0.15) is 29.5 Å². The van der Waals surface area contributed by atoms with Crippen LogP contribution in [0.5, 0.6) is 17.2 Å². The van der Waals surface area contributed by atoms with Crippen molar-refractivity contribution in [2.45, 2.75) is 44.2 Å². The summed E-state index contributed by atoms with van der Waals surface area (Å²) < 4.78 is 38.8. The highest BCUT2D eigenvalue weighted by molar-refractivity contribution is 9.10. The Balaban J connectivity index is 1.25. The van der Waals surface area contributed by atoms with Crippen molar-refractivity contribution in [1.29, 1.82) is 0 Å². The van der Waals surface area contributed by atoms with E-state index in [-0.39, 0.29) is 12.1 Å². The van der Waals surface area contributed by atoms with Gasteiger partial charge in [0.25, 0.3) is 0 Å². The maximum absolute atomic E-state index is 14.3. The number of fused-ring (bicyclic) bond motifs is 1. The maximum atomic E-state index is 14.3. The van der Waals surface area contributed by atoms with Gasteiger partial charge in [0.2, 0.25) is 0 Å². The second kappa shape index (κ2) is 12.9. The molecule has 44 heavy (non-hydrogen) atoms. The smallest absolute Gasteiger partial charge is 0.410 e. The number of carbonyl (C=O) groups excluding carboxylic acids is 1. The number of ether oxygens (including phenoxy) is 4. The molecule has 0 N–H and O–H groups in total. The Bertz CT molecular complexity index is 1570. The van der Waals surface area contributed by atoms with E-state index < -0.39 is 15.5 Å². The molecule has 2 aliphatic heterocycles. The SMILES string of the molecule is COc1ccc2c(c1)[SH](C)(=O)C(c1ccc(Br)cc1)=C2Oc1ccc(OCC(C)N2CCN(C(=O)OC(C)(C)C)CC2)cc1. The van der Waals surface area contributed by atoms with Crippen LogP contribution in [-0.2, 0) is 14.7 Å². The molecule has 0 radical (unpaired) electrons. The molecule has 3 aromatic rings. The highest BCUT2D eigenvalue weighted by atomic mass is 79.9. The van der Waals surface area contributed by atoms with Crippen LogP contribution >= 0.6 is 15.9 Å². The van der Waals surface area contributed by atoms with E-state index in [0.29, 0.717) is 41.9 Å². The van der Waals surface area contributed by atoms with Gasteiger partial charge in [0.15, 0.2) is 5.76 Å². The Labute approximate surface area is 269 Å². The van der Waals surface area contributed by atoms with Gasteiger partial charge in [-0.3, -0.25) is 9.11 Å². The fourth-order valence-corrected chi connectivity index (χ4v) is 8.14. The average Bonchev–Trinajstić information content (AvgIpc) is 3.21. The lowest BCUT2D eigenvalue weighted by Gasteiger charge is -2.38. The van der Waals surface area contributed by atoms with Crippen molar-refractivity contribution in [3.63, 3.8) is 0 Å². The fourth-order valence-electron chi connectivity index (χ4n) is 5.43. The molecule has 0 saturated carbocycles. The van der Waals surface area contributed by atoms with Crippen molar-refractivity contribution in [2.24, 2.45) is 0 Å². The van der Waals surface area contributed by atoms with E-state index in [1.165, 1.54) is 0 Å². The number of halogens is 1. The number of amides is 1. The number of rotatable bonds is 8. The highest BCUT2D eigenvalue weighted by Gasteiger charge is 2.36. The van der Waals surface area contributed by atoms with Gasteiger partial charge in [0.05, 0.1) is 12.0 Å². The van der Waals surface area contributed by atoms with Crippen LogP contribution in [0.2, 0.25) is 0 Å². The maximum Gasteiger partial charge on any atom is 0.410 e. The van der Waals surface area contributed by atoms with Crippen molar-refractivity contribution >= 4 is 42.6 Å². The van der Waals surface area contributed by atoms with Crippen molar-refractivity contribution in [2.75, 3.05) is 46.2 Å². The molecule has 0 aromatic heterocycles. The van der Waals surface area contributed by atoms with Crippen molar-refractivity contribution < 1.29 is 28.0 Å². The molecule has 1 fully saturated rings. The lowest BCUT2D eigenvalue weighted by Crippen LogP contribution is -2.53. The third-order valence-corrected chi connectivity index (χ3v) is 10.9. The third kappa shape index (κ3) is 7.14. The predicted molar refractivity (Wildman–Crippen MR) is 179 cm³/mol. The Kier molecular flexibility index (Phi) is 9.44. The molecule has 10 heteroatoms. The van der Waals surface area contributed by atoms with Crippen LogP contribution in [0.4, 0.5) is 4.79 Å². The van der Waals surface area contributed by atoms with Gasteiger partial charge in [0, 0.05) is 47.2 Å². The van der Waals surface area contributed by atoms with Crippen LogP contribution in [0.25, 0.3) is 10.7 Å². The normalized spacial score (nSPS) is 17.9. The first kappa shape index (κ1) is 32.1. The molecule has 0 bridgehead atoms. The van der Waals surface area contributed by atoms with Crippen LogP contribution < -0.4 is 14.2 Å². The summed E-state index contributed by atoms with van der Waals surface area (Å²) >= 11 is 3.50. The largest absolute Gasteiger partial charge is 0.497 e. The number of nitrogens with zero attached hydrogens (tertiary/aromatic N) is 2. The topological polar surface area (TPSA) is 77.5 Å². The van der Waals surface area contributed by atoms with E-state index in [1.54, 1.807) is 18.3 Å². The van der Waals surface area contributed by atoms with Crippen molar-refractivity contribution in [1.82, 2.24) is 9.80 Å². The molecule has 1 saturated heterocycles. The number of hydrogen-bond acceptors (Lipinski definition) is 7. The lowest BCUT2D eigenvalue weighted by molar-refractivity contribution is 0.00882. The Morgan fingerprint density at radius 2 is 1.55 bits per heavy atom. The number of benzene rings is 3. The molecule has 1 atom stereocenters. The molecule has 236 valence electrons.